The average molecular weight is 256 g/mol. The quantitative estimate of drug-likeness (QED) is 0.672. The van der Waals surface area contributed by atoms with E-state index in [2.05, 4.69) is 16.5 Å². The maximum Gasteiger partial charge on any atom is 0.0198 e. The van der Waals surface area contributed by atoms with Crippen LogP contribution in [0.3, 0.4) is 0 Å². The lowest BCUT2D eigenvalue weighted by Crippen LogP contribution is -2.46. The van der Waals surface area contributed by atoms with Crippen LogP contribution in [0, 0.1) is 0 Å². The summed E-state index contributed by atoms with van der Waals surface area (Å²) in [7, 11) is 0. The first kappa shape index (κ1) is 13.7. The van der Waals surface area contributed by atoms with E-state index in [0.29, 0.717) is 0 Å². The van der Waals surface area contributed by atoms with Crippen LogP contribution in [0.15, 0.2) is 0 Å². The van der Waals surface area contributed by atoms with Gasteiger partial charge in [0.25, 0.3) is 0 Å². The molecule has 3 heteroatoms. The van der Waals surface area contributed by atoms with Crippen molar-refractivity contribution in [2.75, 3.05) is 31.6 Å². The zero-order valence-corrected chi connectivity index (χ0v) is 12.1. The molecule has 2 aliphatic rings. The third kappa shape index (κ3) is 5.62. The number of thioether (sulfide) groups is 1. The largest absolute Gasteiger partial charge is 0.310 e. The second kappa shape index (κ2) is 7.65. The molecular weight excluding hydrogens is 228 g/mol. The summed E-state index contributed by atoms with van der Waals surface area (Å²) >= 11 is 1.98. The number of nitrogens with zero attached hydrogens (tertiary/aromatic N) is 1. The Morgan fingerprint density at radius 3 is 2.76 bits per heavy atom. The first-order valence-corrected chi connectivity index (χ1v) is 8.75. The highest BCUT2D eigenvalue weighted by molar-refractivity contribution is 7.98. The molecule has 1 unspecified atom stereocenters. The summed E-state index contributed by atoms with van der Waals surface area (Å²) in [6.07, 6.45) is 12.1. The molecule has 100 valence electrons. The number of hydrogen-bond acceptors (Lipinski definition) is 3. The molecule has 2 rings (SSSR count). The van der Waals surface area contributed by atoms with Gasteiger partial charge in [0.05, 0.1) is 0 Å². The Morgan fingerprint density at radius 1 is 1.12 bits per heavy atom. The predicted octanol–water partition coefficient (Wildman–Crippen LogP) is 2.74. The number of piperidine rings is 1. The number of nitrogens with one attached hydrogen (secondary N) is 1. The van der Waals surface area contributed by atoms with Crippen LogP contribution in [-0.2, 0) is 0 Å². The van der Waals surface area contributed by atoms with E-state index in [4.69, 9.17) is 0 Å². The molecule has 1 atom stereocenters. The van der Waals surface area contributed by atoms with Gasteiger partial charge in [-0.2, -0.15) is 11.8 Å². The smallest absolute Gasteiger partial charge is 0.0198 e. The molecule has 0 aromatic heterocycles. The van der Waals surface area contributed by atoms with Crippen molar-refractivity contribution < 1.29 is 0 Å². The monoisotopic (exact) mass is 256 g/mol. The van der Waals surface area contributed by atoms with Crippen molar-refractivity contribution in [3.05, 3.63) is 0 Å². The molecule has 1 heterocycles. The van der Waals surface area contributed by atoms with Crippen molar-refractivity contribution >= 4 is 11.8 Å². The van der Waals surface area contributed by atoms with Gasteiger partial charge in [-0.25, -0.2) is 0 Å². The van der Waals surface area contributed by atoms with E-state index in [1.165, 1.54) is 70.3 Å². The molecule has 1 saturated heterocycles. The second-order valence-electron chi connectivity index (χ2n) is 5.63. The van der Waals surface area contributed by atoms with Gasteiger partial charge in [0.2, 0.25) is 0 Å². The molecule has 0 spiro atoms. The molecule has 0 amide bonds. The number of unbranched alkanes of at least 4 members (excludes halogenated alkanes) is 2. The molecule has 0 bridgehead atoms. The SMILES string of the molecule is CSCCCCCN1CCCC(NC2CC2)C1. The summed E-state index contributed by atoms with van der Waals surface area (Å²) in [4.78, 5) is 2.68. The van der Waals surface area contributed by atoms with Crippen LogP contribution >= 0.6 is 11.8 Å². The van der Waals surface area contributed by atoms with Crippen molar-refractivity contribution in [2.45, 2.75) is 57.0 Å². The first-order valence-electron chi connectivity index (χ1n) is 7.36. The topological polar surface area (TPSA) is 15.3 Å². The zero-order valence-electron chi connectivity index (χ0n) is 11.3. The fourth-order valence-corrected chi connectivity index (χ4v) is 3.23. The Morgan fingerprint density at radius 2 is 2.00 bits per heavy atom. The van der Waals surface area contributed by atoms with Crippen molar-refractivity contribution in [3.8, 4) is 0 Å². The molecule has 1 saturated carbocycles. The predicted molar refractivity (Wildman–Crippen MR) is 77.9 cm³/mol. The van der Waals surface area contributed by atoms with E-state index in [0.717, 1.165) is 12.1 Å². The number of likely N-dealkylation sites (tertiary alicyclic amines) is 1. The van der Waals surface area contributed by atoms with Gasteiger partial charge in [-0.05, 0) is 63.6 Å². The highest BCUT2D eigenvalue weighted by Gasteiger charge is 2.27. The Labute approximate surface area is 111 Å². The molecule has 1 aliphatic carbocycles. The van der Waals surface area contributed by atoms with E-state index < -0.39 is 0 Å². The number of rotatable bonds is 8. The fourth-order valence-electron chi connectivity index (χ4n) is 2.74. The van der Waals surface area contributed by atoms with Crippen LogP contribution in [-0.4, -0.2) is 48.6 Å². The van der Waals surface area contributed by atoms with Gasteiger partial charge in [0, 0.05) is 18.6 Å². The van der Waals surface area contributed by atoms with Crippen molar-refractivity contribution in [1.29, 1.82) is 0 Å². The minimum atomic E-state index is 0.794. The van der Waals surface area contributed by atoms with E-state index in [1.807, 2.05) is 11.8 Å². The first-order chi connectivity index (χ1) is 8.38. The summed E-state index contributed by atoms with van der Waals surface area (Å²) in [6, 6.07) is 1.67. The zero-order chi connectivity index (χ0) is 11.9. The van der Waals surface area contributed by atoms with Crippen molar-refractivity contribution in [2.24, 2.45) is 0 Å². The van der Waals surface area contributed by atoms with E-state index in [9.17, 15) is 0 Å². The molecule has 17 heavy (non-hydrogen) atoms. The molecule has 1 N–H and O–H groups in total. The van der Waals surface area contributed by atoms with E-state index >= 15 is 0 Å². The molecular formula is C14H28N2S. The highest BCUT2D eigenvalue weighted by Crippen LogP contribution is 2.22. The van der Waals surface area contributed by atoms with Crippen LogP contribution in [0.2, 0.25) is 0 Å². The summed E-state index contributed by atoms with van der Waals surface area (Å²) < 4.78 is 0. The van der Waals surface area contributed by atoms with Crippen LogP contribution in [0.25, 0.3) is 0 Å². The van der Waals surface area contributed by atoms with Crippen LogP contribution in [0.5, 0.6) is 0 Å². The van der Waals surface area contributed by atoms with Crippen LogP contribution in [0.4, 0.5) is 0 Å². The lowest BCUT2D eigenvalue weighted by Gasteiger charge is -2.33. The second-order valence-corrected chi connectivity index (χ2v) is 6.62. The summed E-state index contributed by atoms with van der Waals surface area (Å²) in [6.45, 7) is 3.97. The van der Waals surface area contributed by atoms with E-state index in [1.54, 1.807) is 0 Å². The molecule has 2 fully saturated rings. The van der Waals surface area contributed by atoms with Gasteiger partial charge in [-0.15, -0.1) is 0 Å². The Kier molecular flexibility index (Phi) is 6.16. The Bertz CT molecular complexity index is 206. The lowest BCUT2D eigenvalue weighted by molar-refractivity contribution is 0.187. The third-order valence-corrected chi connectivity index (χ3v) is 4.57. The highest BCUT2D eigenvalue weighted by atomic mass is 32.2. The standard InChI is InChI=1S/C14H28N2S/c1-17-11-4-2-3-9-16-10-5-6-14(12-16)15-13-7-8-13/h13-15H,2-12H2,1H3. The molecule has 0 aromatic rings. The fraction of sp³-hybridized carbons (Fsp3) is 1.00. The van der Waals surface area contributed by atoms with Crippen molar-refractivity contribution in [1.82, 2.24) is 10.2 Å². The molecule has 0 aromatic carbocycles. The Balaban J connectivity index is 1.53. The third-order valence-electron chi connectivity index (χ3n) is 3.88. The van der Waals surface area contributed by atoms with E-state index in [-0.39, 0.29) is 0 Å². The number of hydrogen-bond donors (Lipinski definition) is 1. The Hall–Kier alpha value is 0.270. The van der Waals surface area contributed by atoms with Gasteiger partial charge in [0.1, 0.15) is 0 Å². The maximum atomic E-state index is 3.79. The minimum absolute atomic E-state index is 0.794. The maximum absolute atomic E-state index is 3.79. The lowest BCUT2D eigenvalue weighted by atomic mass is 10.1. The normalized spacial score (nSPS) is 26.3. The summed E-state index contributed by atoms with van der Waals surface area (Å²) in [5.74, 6) is 1.34. The molecule has 2 nitrogen and oxygen atoms in total. The van der Waals surface area contributed by atoms with Gasteiger partial charge in [0.15, 0.2) is 0 Å². The average Bonchev–Trinajstić information content (AvgIpc) is 3.13. The van der Waals surface area contributed by atoms with Crippen LogP contribution < -0.4 is 5.32 Å². The van der Waals surface area contributed by atoms with Gasteiger partial charge in [-0.1, -0.05) is 6.42 Å². The summed E-state index contributed by atoms with van der Waals surface area (Å²) in [5.41, 5.74) is 0. The minimum Gasteiger partial charge on any atom is -0.310 e. The molecule has 0 radical (unpaired) electrons. The summed E-state index contributed by atoms with van der Waals surface area (Å²) in [5, 5.41) is 3.79. The van der Waals surface area contributed by atoms with Gasteiger partial charge in [-0.3, -0.25) is 0 Å². The van der Waals surface area contributed by atoms with Crippen molar-refractivity contribution in [3.63, 3.8) is 0 Å². The molecule has 1 aliphatic heterocycles. The van der Waals surface area contributed by atoms with Crippen LogP contribution in [0.1, 0.15) is 44.9 Å². The van der Waals surface area contributed by atoms with Gasteiger partial charge < -0.3 is 10.2 Å². The van der Waals surface area contributed by atoms with Gasteiger partial charge >= 0.3 is 0 Å².